The lowest BCUT2D eigenvalue weighted by molar-refractivity contribution is -0.129. The number of nitrogens with one attached hydrogen (secondary N) is 1. The number of rotatable bonds is 5. The van der Waals surface area contributed by atoms with Crippen molar-refractivity contribution in [3.05, 3.63) is 64.5 Å². The van der Waals surface area contributed by atoms with Crippen LogP contribution >= 0.6 is 0 Å². The van der Waals surface area contributed by atoms with Crippen LogP contribution in [0.5, 0.6) is 0 Å². The first-order valence-electron chi connectivity index (χ1n) is 16.0. The summed E-state index contributed by atoms with van der Waals surface area (Å²) in [7, 11) is 1.79. The molecule has 0 saturated heterocycles. The third-order valence-corrected chi connectivity index (χ3v) is 9.33. The first kappa shape index (κ1) is 31.0. The summed E-state index contributed by atoms with van der Waals surface area (Å²) >= 11 is 0. The molecule has 1 aliphatic carbocycles. The van der Waals surface area contributed by atoms with E-state index in [2.05, 4.69) is 27.4 Å². The van der Waals surface area contributed by atoms with Crippen molar-refractivity contribution < 1.29 is 23.1 Å². The van der Waals surface area contributed by atoms with E-state index in [4.69, 9.17) is 4.74 Å². The van der Waals surface area contributed by atoms with Crippen molar-refractivity contribution >= 4 is 23.4 Å². The van der Waals surface area contributed by atoms with Crippen LogP contribution in [0.3, 0.4) is 0 Å². The smallest absolute Gasteiger partial charge is 0.407 e. The van der Waals surface area contributed by atoms with Gasteiger partial charge in [0.05, 0.1) is 6.20 Å². The Bertz CT molecular complexity index is 1600. The van der Waals surface area contributed by atoms with Crippen LogP contribution in [0.2, 0.25) is 0 Å². The number of hydrogen-bond donors (Lipinski definition) is 1. The van der Waals surface area contributed by atoms with Crippen LogP contribution < -0.4 is 10.2 Å². The molecule has 45 heavy (non-hydrogen) atoms. The maximum absolute atomic E-state index is 14.6. The second kappa shape index (κ2) is 12.1. The molecule has 1 fully saturated rings. The fraction of sp³-hybridized carbons (Fsp3) is 0.514. The Hall–Kier alpha value is -3.95. The van der Waals surface area contributed by atoms with E-state index in [1.807, 2.05) is 31.7 Å². The first-order valence-corrected chi connectivity index (χ1v) is 16.0. The second-order valence-corrected chi connectivity index (χ2v) is 13.8. The van der Waals surface area contributed by atoms with Crippen molar-refractivity contribution in [3.8, 4) is 11.1 Å². The molecule has 1 N–H and O–H groups in total. The molecule has 2 aromatic carbocycles. The van der Waals surface area contributed by atoms with Gasteiger partial charge in [0.1, 0.15) is 5.60 Å². The van der Waals surface area contributed by atoms with Crippen LogP contribution in [0.25, 0.3) is 11.1 Å². The molecule has 10 heteroatoms. The number of carbonyl (C=O) groups excluding carboxylic acids is 2. The third kappa shape index (κ3) is 6.56. The number of fused-ring (bicyclic) bond motifs is 2. The molecule has 240 valence electrons. The lowest BCUT2D eigenvalue weighted by atomic mass is 9.80. The molecule has 8 nitrogen and oxygen atoms in total. The molecular weight excluding hydrogens is 576 g/mol. The van der Waals surface area contributed by atoms with Crippen molar-refractivity contribution in [1.82, 2.24) is 20.0 Å². The van der Waals surface area contributed by atoms with E-state index in [-0.39, 0.29) is 23.6 Å². The van der Waals surface area contributed by atoms with Gasteiger partial charge in [0.15, 0.2) is 0 Å². The number of amides is 2. The highest BCUT2D eigenvalue weighted by Gasteiger charge is 2.33. The van der Waals surface area contributed by atoms with Gasteiger partial charge in [0, 0.05) is 73.9 Å². The number of carbonyl (C=O) groups is 2. The molecular formula is C35H43F2N5O3. The molecule has 0 unspecified atom stereocenters. The Morgan fingerprint density at radius 1 is 1.02 bits per heavy atom. The number of aryl methyl sites for hydroxylation is 2. The zero-order valence-electron chi connectivity index (χ0n) is 26.8. The fourth-order valence-electron chi connectivity index (χ4n) is 7.15. The van der Waals surface area contributed by atoms with Crippen molar-refractivity contribution in [3.63, 3.8) is 0 Å². The summed E-state index contributed by atoms with van der Waals surface area (Å²) < 4.78 is 36.2. The van der Waals surface area contributed by atoms with Crippen molar-refractivity contribution in [1.29, 1.82) is 0 Å². The summed E-state index contributed by atoms with van der Waals surface area (Å²) in [6.45, 7) is 8.93. The molecule has 2 amide bonds. The molecule has 0 bridgehead atoms. The van der Waals surface area contributed by atoms with E-state index in [1.54, 1.807) is 37.1 Å². The quantitative estimate of drug-likeness (QED) is 0.320. The van der Waals surface area contributed by atoms with Gasteiger partial charge in [0.2, 0.25) is 5.91 Å². The molecule has 3 aromatic rings. The van der Waals surface area contributed by atoms with Crippen molar-refractivity contribution in [2.75, 3.05) is 11.4 Å². The van der Waals surface area contributed by atoms with Gasteiger partial charge < -0.3 is 19.9 Å². The Balaban J connectivity index is 1.33. The minimum Gasteiger partial charge on any atom is -0.444 e. The predicted octanol–water partition coefficient (Wildman–Crippen LogP) is 7.52. The highest BCUT2D eigenvalue weighted by molar-refractivity contribution is 5.80. The number of aromatic nitrogens is 2. The third-order valence-electron chi connectivity index (χ3n) is 9.33. The summed E-state index contributed by atoms with van der Waals surface area (Å²) in [5, 5.41) is 7.25. The summed E-state index contributed by atoms with van der Waals surface area (Å²) in [6, 6.07) is 8.14. The van der Waals surface area contributed by atoms with E-state index >= 15 is 0 Å². The first-order chi connectivity index (χ1) is 21.4. The Kier molecular flexibility index (Phi) is 8.35. The molecule has 0 spiro atoms. The SMILES string of the molecule is CC(=O)N1Cc2cc(C3CCC(NC(=O)OC(C)(C)C)CC3)cc(N3CCCc4cc(-c5cnn(C)c5)c(C(F)F)cc43)c2C1. The summed E-state index contributed by atoms with van der Waals surface area (Å²) in [6.07, 6.45) is 5.61. The number of alkyl carbamates (subject to hydrolysis) is 1. The molecule has 3 aliphatic rings. The largest absolute Gasteiger partial charge is 0.444 e. The number of halogens is 2. The fourth-order valence-corrected chi connectivity index (χ4v) is 7.15. The van der Waals surface area contributed by atoms with Crippen molar-refractivity contribution in [2.24, 2.45) is 7.05 Å². The van der Waals surface area contributed by atoms with Crippen molar-refractivity contribution in [2.45, 2.75) is 103 Å². The van der Waals surface area contributed by atoms with Gasteiger partial charge in [-0.15, -0.1) is 0 Å². The van der Waals surface area contributed by atoms with E-state index in [1.165, 1.54) is 5.56 Å². The monoisotopic (exact) mass is 619 g/mol. The Morgan fingerprint density at radius 2 is 1.78 bits per heavy atom. The van der Waals surface area contributed by atoms with E-state index in [9.17, 15) is 18.4 Å². The number of ether oxygens (including phenoxy) is 1. The Morgan fingerprint density at radius 3 is 2.42 bits per heavy atom. The van der Waals surface area contributed by atoms with Gasteiger partial charge in [0.25, 0.3) is 6.43 Å². The van der Waals surface area contributed by atoms with E-state index in [0.29, 0.717) is 36.7 Å². The molecule has 3 heterocycles. The minimum absolute atomic E-state index is 0.00243. The molecule has 2 aliphatic heterocycles. The Labute approximate surface area is 263 Å². The van der Waals surface area contributed by atoms with Gasteiger partial charge in [-0.25, -0.2) is 13.6 Å². The number of anilines is 2. The molecule has 1 aromatic heterocycles. The molecule has 1 saturated carbocycles. The minimum atomic E-state index is -2.64. The zero-order chi connectivity index (χ0) is 32.0. The maximum Gasteiger partial charge on any atom is 0.407 e. The van der Waals surface area contributed by atoms with Crippen LogP contribution in [-0.2, 0) is 36.1 Å². The number of nitrogens with zero attached hydrogens (tertiary/aromatic N) is 4. The van der Waals surface area contributed by atoms with Gasteiger partial charge in [-0.1, -0.05) is 6.07 Å². The van der Waals surface area contributed by atoms with Crippen LogP contribution in [-0.4, -0.2) is 44.9 Å². The summed E-state index contributed by atoms with van der Waals surface area (Å²) in [5.41, 5.74) is 6.96. The highest BCUT2D eigenvalue weighted by atomic mass is 19.3. The topological polar surface area (TPSA) is 79.7 Å². The summed E-state index contributed by atoms with van der Waals surface area (Å²) in [5.74, 6) is 0.318. The molecule has 0 radical (unpaired) electrons. The number of alkyl halides is 2. The molecule has 6 rings (SSSR count). The average Bonchev–Trinajstić information content (AvgIpc) is 3.61. The van der Waals surface area contributed by atoms with Gasteiger partial charge >= 0.3 is 6.09 Å². The second-order valence-electron chi connectivity index (χ2n) is 13.8. The number of benzene rings is 2. The highest BCUT2D eigenvalue weighted by Crippen LogP contribution is 2.46. The van der Waals surface area contributed by atoms with Crippen LogP contribution in [0.1, 0.15) is 100.0 Å². The molecule has 0 atom stereocenters. The standard InChI is InChI=1S/C35H43F2N5O3/c1-21(43)41-19-25-13-24(22-8-10-27(11-9-22)39-34(44)45-35(2,3)4)15-32(30(25)20-41)42-12-6-7-23-14-28(26-17-38-40(5)18-26)29(33(36)37)16-31(23)42/h13-18,22,27,33H,6-12,19-20H2,1-5H3,(H,39,44). The van der Waals surface area contributed by atoms with E-state index in [0.717, 1.165) is 66.6 Å². The van der Waals surface area contributed by atoms with Gasteiger partial charge in [-0.2, -0.15) is 5.10 Å². The summed E-state index contributed by atoms with van der Waals surface area (Å²) in [4.78, 5) is 28.9. The van der Waals surface area contributed by atoms with E-state index < -0.39 is 12.0 Å². The van der Waals surface area contributed by atoms with Crippen LogP contribution in [0.4, 0.5) is 25.0 Å². The van der Waals surface area contributed by atoms with Gasteiger partial charge in [-0.3, -0.25) is 9.48 Å². The maximum atomic E-state index is 14.6. The zero-order valence-corrected chi connectivity index (χ0v) is 26.8. The predicted molar refractivity (Wildman–Crippen MR) is 170 cm³/mol. The lowest BCUT2D eigenvalue weighted by Crippen LogP contribution is -2.40. The average molecular weight is 620 g/mol. The van der Waals surface area contributed by atoms with Crippen LogP contribution in [0.15, 0.2) is 36.7 Å². The lowest BCUT2D eigenvalue weighted by Gasteiger charge is -2.35. The number of hydrogen-bond acceptors (Lipinski definition) is 5. The van der Waals surface area contributed by atoms with Crippen LogP contribution in [0, 0.1) is 0 Å². The normalized spacial score (nSPS) is 19.8. The van der Waals surface area contributed by atoms with Gasteiger partial charge in [-0.05, 0) is 106 Å².